The van der Waals surface area contributed by atoms with E-state index in [-0.39, 0.29) is 0 Å². The Balaban J connectivity index is 1.16. The summed E-state index contributed by atoms with van der Waals surface area (Å²) >= 11 is 0. The van der Waals surface area contributed by atoms with Crippen LogP contribution in [0.25, 0.3) is 90.9 Å². The van der Waals surface area contributed by atoms with Gasteiger partial charge in [-0.05, 0) is 162 Å². The molecule has 2 N–H and O–H groups in total. The number of nitrogens with one attached hydrogen (secondary N) is 2. The van der Waals surface area contributed by atoms with Crippen LogP contribution < -0.4 is 4.90 Å². The molecule has 2 aliphatic rings. The first-order valence-electron chi connectivity index (χ1n) is 28.0. The third-order valence-corrected chi connectivity index (χ3v) is 15.1. The number of aromatic nitrogens is 4. The number of aromatic amines is 2. The smallest absolute Gasteiger partial charge is 0.0737 e. The van der Waals surface area contributed by atoms with Crippen LogP contribution in [0.3, 0.4) is 0 Å². The maximum Gasteiger partial charge on any atom is 0.0737 e. The van der Waals surface area contributed by atoms with Crippen molar-refractivity contribution in [3.05, 3.63) is 221 Å². The number of H-pyrrole nitrogens is 2. The highest BCUT2D eigenvalue weighted by Crippen LogP contribution is 2.41. The first-order valence-corrected chi connectivity index (χ1v) is 28.0. The van der Waals surface area contributed by atoms with Crippen LogP contribution in [0, 0.1) is 0 Å². The van der Waals surface area contributed by atoms with Crippen LogP contribution in [0.5, 0.6) is 0 Å². The molecule has 0 unspecified atom stereocenters. The molecule has 0 spiro atoms. The summed E-state index contributed by atoms with van der Waals surface area (Å²) in [6.07, 6.45) is 23.0. The zero-order valence-electron chi connectivity index (χ0n) is 44.5. The highest BCUT2D eigenvalue weighted by Gasteiger charge is 2.20. The van der Waals surface area contributed by atoms with Crippen molar-refractivity contribution in [1.82, 2.24) is 19.9 Å². The topological polar surface area (TPSA) is 60.6 Å². The van der Waals surface area contributed by atoms with Crippen LogP contribution in [0.15, 0.2) is 182 Å². The van der Waals surface area contributed by atoms with Gasteiger partial charge in [0.1, 0.15) is 0 Å². The number of unbranched alkanes of at least 4 members (excludes halogenated alkanes) is 6. The summed E-state index contributed by atoms with van der Waals surface area (Å²) in [5.41, 5.74) is 23.6. The number of para-hydroxylation sites is 2. The third kappa shape index (κ3) is 10.9. The quantitative estimate of drug-likeness (QED) is 0.0794. The molecule has 6 aromatic carbocycles. The van der Waals surface area contributed by atoms with Crippen LogP contribution in [0.4, 0.5) is 17.1 Å². The molecule has 0 aliphatic carbocycles. The molecule has 76 heavy (non-hydrogen) atoms. The average Bonchev–Trinajstić information content (AvgIpc) is 4.37. The summed E-state index contributed by atoms with van der Waals surface area (Å²) < 4.78 is 0. The lowest BCUT2D eigenvalue weighted by Gasteiger charge is -2.25. The number of benzene rings is 6. The second-order valence-corrected chi connectivity index (χ2v) is 20.5. The number of aryl methyl sites for hydroxylation is 3. The molecular formula is C71H69N5. The molecule has 0 fully saturated rings. The van der Waals surface area contributed by atoms with E-state index < -0.39 is 0 Å². The molecular weight excluding hydrogens is 923 g/mol. The van der Waals surface area contributed by atoms with E-state index in [0.717, 1.165) is 126 Å². The predicted octanol–water partition coefficient (Wildman–Crippen LogP) is 20.0. The Morgan fingerprint density at radius 3 is 0.868 bits per heavy atom. The highest BCUT2D eigenvalue weighted by molar-refractivity contribution is 6.00. The van der Waals surface area contributed by atoms with Gasteiger partial charge in [-0.2, -0.15) is 0 Å². The van der Waals surface area contributed by atoms with E-state index in [4.69, 9.17) is 9.97 Å². The SMILES string of the molecule is CCCCCc1ccc(-c2c3nc(c(-c4ccc(CCCCC)cc4)c4ccc([nH]4)c(-c4ccc(N(c5ccccc5)c5ccccc5)cc4)c4nc(c(-c5ccc(CCCCC)cc5)c5ccc2[nH]5)C=C4)C=C3)cc1. The number of rotatable bonds is 19. The van der Waals surface area contributed by atoms with Gasteiger partial charge in [0, 0.05) is 61.4 Å². The van der Waals surface area contributed by atoms with E-state index >= 15 is 0 Å². The number of anilines is 3. The van der Waals surface area contributed by atoms with E-state index in [1.807, 2.05) is 0 Å². The van der Waals surface area contributed by atoms with Crippen molar-refractivity contribution >= 4 is 63.4 Å². The normalized spacial score (nSPS) is 11.9. The molecule has 0 saturated heterocycles. The Morgan fingerprint density at radius 1 is 0.303 bits per heavy atom. The zero-order valence-corrected chi connectivity index (χ0v) is 44.5. The molecule has 5 heteroatoms. The van der Waals surface area contributed by atoms with Crippen LogP contribution in [-0.4, -0.2) is 19.9 Å². The summed E-state index contributed by atoms with van der Waals surface area (Å²) in [6.45, 7) is 6.80. The van der Waals surface area contributed by atoms with E-state index in [9.17, 15) is 0 Å². The van der Waals surface area contributed by atoms with Gasteiger partial charge >= 0.3 is 0 Å². The zero-order chi connectivity index (χ0) is 51.6. The summed E-state index contributed by atoms with van der Waals surface area (Å²) in [4.78, 5) is 21.6. The molecule has 11 rings (SSSR count). The van der Waals surface area contributed by atoms with Gasteiger partial charge in [0.25, 0.3) is 0 Å². The second-order valence-electron chi connectivity index (χ2n) is 20.5. The number of hydrogen-bond acceptors (Lipinski definition) is 3. The summed E-state index contributed by atoms with van der Waals surface area (Å²) in [5, 5.41) is 0. The largest absolute Gasteiger partial charge is 0.354 e. The number of hydrogen-bond donors (Lipinski definition) is 2. The molecule has 5 nitrogen and oxygen atoms in total. The van der Waals surface area contributed by atoms with Gasteiger partial charge in [0.2, 0.25) is 0 Å². The van der Waals surface area contributed by atoms with Gasteiger partial charge in [-0.25, -0.2) is 9.97 Å². The minimum atomic E-state index is 0.893. The number of fused-ring (bicyclic) bond motifs is 8. The van der Waals surface area contributed by atoms with E-state index in [0.29, 0.717) is 0 Å². The minimum Gasteiger partial charge on any atom is -0.354 e. The fraction of sp³-hybridized carbons (Fsp3) is 0.211. The van der Waals surface area contributed by atoms with Gasteiger partial charge in [-0.15, -0.1) is 0 Å². The van der Waals surface area contributed by atoms with Gasteiger partial charge in [-0.1, -0.05) is 181 Å². The minimum absolute atomic E-state index is 0.893. The Morgan fingerprint density at radius 2 is 0.579 bits per heavy atom. The number of nitrogens with zero attached hydrogens (tertiary/aromatic N) is 3. The van der Waals surface area contributed by atoms with Crippen molar-refractivity contribution in [3.8, 4) is 44.5 Å². The van der Waals surface area contributed by atoms with E-state index in [1.54, 1.807) is 0 Å². The molecule has 9 aromatic rings. The molecule has 8 bridgehead atoms. The third-order valence-electron chi connectivity index (χ3n) is 15.1. The van der Waals surface area contributed by atoms with E-state index in [1.165, 1.54) is 74.5 Å². The standard InChI is InChI=1S/C71H69N5/c1-4-7-12-19-50-26-32-53(33-27-50)68-60-42-44-62(72-60)69(54-34-28-51(29-35-54)20-13-8-5-2)64-46-48-66(74-64)71(56-38-40-59(41-39-56)76(57-22-15-10-16-23-57)58-24-17-11-18-25-58)67-49-47-65(75-67)70(63-45-43-61(68)73-63)55-36-30-52(31-37-55)21-14-9-6-3/h10-11,15-18,22-49,72,75H,4-9,12-14,19-21H2,1-3H3. The van der Waals surface area contributed by atoms with Gasteiger partial charge in [-0.3, -0.25) is 0 Å². The van der Waals surface area contributed by atoms with Crippen molar-refractivity contribution in [2.45, 2.75) is 97.8 Å². The Labute approximate surface area is 449 Å². The van der Waals surface area contributed by atoms with Crippen LogP contribution in [0.1, 0.15) is 118 Å². The molecule has 2 aliphatic heterocycles. The maximum atomic E-state index is 5.65. The molecule has 0 saturated carbocycles. The molecule has 5 heterocycles. The lowest BCUT2D eigenvalue weighted by Crippen LogP contribution is -2.09. The molecule has 378 valence electrons. The maximum absolute atomic E-state index is 5.65. The molecule has 3 aromatic heterocycles. The Kier molecular flexibility index (Phi) is 15.4. The first kappa shape index (κ1) is 49.9. The molecule has 0 atom stereocenters. The van der Waals surface area contributed by atoms with Crippen molar-refractivity contribution < 1.29 is 0 Å². The lowest BCUT2D eigenvalue weighted by molar-refractivity contribution is 0.717. The Hall–Kier alpha value is -8.28. The fourth-order valence-electron chi connectivity index (χ4n) is 11.1. The Bertz CT molecular complexity index is 3550. The molecule has 0 radical (unpaired) electrons. The lowest BCUT2D eigenvalue weighted by atomic mass is 10.00. The summed E-state index contributed by atoms with van der Waals surface area (Å²) in [7, 11) is 0. The first-order chi connectivity index (χ1) is 37.5. The fourth-order valence-corrected chi connectivity index (χ4v) is 11.1. The average molecular weight is 992 g/mol. The van der Waals surface area contributed by atoms with Crippen LogP contribution in [-0.2, 0) is 19.3 Å². The highest BCUT2D eigenvalue weighted by atomic mass is 15.1. The second kappa shape index (κ2) is 23.5. The van der Waals surface area contributed by atoms with Crippen molar-refractivity contribution in [3.63, 3.8) is 0 Å². The summed E-state index contributed by atoms with van der Waals surface area (Å²) in [6, 6.07) is 66.7. The summed E-state index contributed by atoms with van der Waals surface area (Å²) in [5.74, 6) is 0. The van der Waals surface area contributed by atoms with Crippen LogP contribution in [0.2, 0.25) is 0 Å². The van der Waals surface area contributed by atoms with Crippen molar-refractivity contribution in [2.75, 3.05) is 4.90 Å². The van der Waals surface area contributed by atoms with Crippen LogP contribution >= 0.6 is 0 Å². The van der Waals surface area contributed by atoms with Crippen molar-refractivity contribution in [2.24, 2.45) is 0 Å². The van der Waals surface area contributed by atoms with E-state index in [2.05, 4.69) is 242 Å². The molecule has 0 amide bonds. The van der Waals surface area contributed by atoms with Crippen molar-refractivity contribution in [1.29, 1.82) is 0 Å². The van der Waals surface area contributed by atoms with Gasteiger partial charge < -0.3 is 14.9 Å². The van der Waals surface area contributed by atoms with Gasteiger partial charge in [0.15, 0.2) is 0 Å². The van der Waals surface area contributed by atoms with Gasteiger partial charge in [0.05, 0.1) is 22.8 Å². The predicted molar refractivity (Wildman–Crippen MR) is 325 cm³/mol. The monoisotopic (exact) mass is 992 g/mol.